The van der Waals surface area contributed by atoms with Crippen LogP contribution in [0.1, 0.15) is 22.8 Å². The van der Waals surface area contributed by atoms with E-state index in [1.54, 1.807) is 30.5 Å². The lowest BCUT2D eigenvalue weighted by molar-refractivity contribution is -0.000350. The summed E-state index contributed by atoms with van der Waals surface area (Å²) in [6.45, 7) is 1.52. The van der Waals surface area contributed by atoms with Gasteiger partial charge < -0.3 is 14.8 Å². The first-order chi connectivity index (χ1) is 10.1. The fourth-order valence-corrected chi connectivity index (χ4v) is 2.32. The number of hydrogen-bond donors (Lipinski definition) is 2. The number of aliphatic hydroxyl groups excluding tert-OH is 1. The van der Waals surface area contributed by atoms with Gasteiger partial charge in [0, 0.05) is 28.2 Å². The van der Waals surface area contributed by atoms with Crippen molar-refractivity contribution in [1.29, 1.82) is 0 Å². The molecule has 1 heterocycles. The second-order valence-corrected chi connectivity index (χ2v) is 4.82. The molecule has 0 amide bonds. The summed E-state index contributed by atoms with van der Waals surface area (Å²) in [5.74, 6) is 0.388. The number of aliphatic hydroxyl groups is 1. The van der Waals surface area contributed by atoms with Crippen LogP contribution >= 0.6 is 0 Å². The van der Waals surface area contributed by atoms with Crippen LogP contribution in [0.25, 0.3) is 10.9 Å². The number of para-hydroxylation sites is 1. The van der Waals surface area contributed by atoms with Gasteiger partial charge in [0.2, 0.25) is 0 Å². The van der Waals surface area contributed by atoms with E-state index in [0.717, 1.165) is 10.9 Å². The van der Waals surface area contributed by atoms with E-state index in [1.807, 2.05) is 24.3 Å². The third-order valence-electron chi connectivity index (χ3n) is 3.24. The molecule has 0 bridgehead atoms. The zero-order valence-corrected chi connectivity index (χ0v) is 11.5. The highest BCUT2D eigenvalue weighted by atomic mass is 16.6. The first-order valence-electron chi connectivity index (χ1n) is 6.71. The van der Waals surface area contributed by atoms with Crippen molar-refractivity contribution in [3.63, 3.8) is 0 Å². The molecule has 0 fully saturated rings. The summed E-state index contributed by atoms with van der Waals surface area (Å²) in [5.41, 5.74) is 2.08. The number of nitrogens with one attached hydrogen (secondary N) is 1. The highest BCUT2D eigenvalue weighted by molar-refractivity contribution is 6.16. The van der Waals surface area contributed by atoms with Gasteiger partial charge in [-0.2, -0.15) is 0 Å². The topological polar surface area (TPSA) is 62.3 Å². The zero-order chi connectivity index (χ0) is 14.8. The Hall–Kier alpha value is -2.59. The lowest BCUT2D eigenvalue weighted by Gasteiger charge is -2.09. The van der Waals surface area contributed by atoms with Crippen LogP contribution < -0.4 is 4.74 Å². The van der Waals surface area contributed by atoms with Gasteiger partial charge in [-0.1, -0.05) is 30.3 Å². The fourth-order valence-electron chi connectivity index (χ4n) is 2.32. The molecule has 4 heteroatoms. The van der Waals surface area contributed by atoms with Gasteiger partial charge in [-0.25, -0.2) is 0 Å². The molecule has 1 atom stereocenters. The summed E-state index contributed by atoms with van der Waals surface area (Å²) >= 11 is 0. The molecule has 4 nitrogen and oxygen atoms in total. The van der Waals surface area contributed by atoms with Crippen molar-refractivity contribution in [3.05, 3.63) is 65.9 Å². The standard InChI is InChI=1S/C17H15NO3/c1-11(19)21-13-6-4-5-12(9-13)17(20)15-10-18-16-8-3-2-7-14(15)16/h2-11,18-19H,1H3. The molecule has 0 radical (unpaired) electrons. The maximum Gasteiger partial charge on any atom is 0.195 e. The Morgan fingerprint density at radius 2 is 2.00 bits per heavy atom. The fraction of sp³-hybridized carbons (Fsp3) is 0.118. The van der Waals surface area contributed by atoms with Crippen LogP contribution in [0.3, 0.4) is 0 Å². The normalized spacial score (nSPS) is 12.3. The Kier molecular flexibility index (Phi) is 3.46. The number of fused-ring (bicyclic) bond motifs is 1. The number of H-pyrrole nitrogens is 1. The molecule has 2 N–H and O–H groups in total. The van der Waals surface area contributed by atoms with Crippen molar-refractivity contribution in [2.24, 2.45) is 0 Å². The van der Waals surface area contributed by atoms with Gasteiger partial charge in [0.1, 0.15) is 5.75 Å². The number of benzene rings is 2. The van der Waals surface area contributed by atoms with Crippen molar-refractivity contribution >= 4 is 16.7 Å². The van der Waals surface area contributed by atoms with Crippen molar-refractivity contribution < 1.29 is 14.6 Å². The Balaban J connectivity index is 1.98. The molecular formula is C17H15NO3. The van der Waals surface area contributed by atoms with Crippen molar-refractivity contribution in [2.45, 2.75) is 13.2 Å². The van der Waals surface area contributed by atoms with E-state index in [4.69, 9.17) is 4.74 Å². The van der Waals surface area contributed by atoms with E-state index in [2.05, 4.69) is 4.98 Å². The van der Waals surface area contributed by atoms with Gasteiger partial charge >= 0.3 is 0 Å². The predicted octanol–water partition coefficient (Wildman–Crippen LogP) is 3.12. The third kappa shape index (κ3) is 2.66. The number of ketones is 1. The third-order valence-corrected chi connectivity index (χ3v) is 3.24. The predicted molar refractivity (Wildman–Crippen MR) is 80.5 cm³/mol. The van der Waals surface area contributed by atoms with E-state index in [9.17, 15) is 9.90 Å². The number of rotatable bonds is 4. The maximum atomic E-state index is 12.6. The minimum Gasteiger partial charge on any atom is -0.465 e. The molecule has 1 aromatic heterocycles. The first-order valence-corrected chi connectivity index (χ1v) is 6.71. The Morgan fingerprint density at radius 1 is 1.19 bits per heavy atom. The molecule has 2 aromatic carbocycles. The van der Waals surface area contributed by atoms with Crippen molar-refractivity contribution in [1.82, 2.24) is 4.98 Å². The molecule has 0 aliphatic rings. The van der Waals surface area contributed by atoms with Crippen molar-refractivity contribution in [2.75, 3.05) is 0 Å². The first kappa shape index (κ1) is 13.4. The minimum absolute atomic E-state index is 0.0801. The lowest BCUT2D eigenvalue weighted by atomic mass is 10.0. The van der Waals surface area contributed by atoms with Crippen LogP contribution in [-0.2, 0) is 0 Å². The molecule has 0 saturated heterocycles. The molecule has 3 aromatic rings. The number of aromatic amines is 1. The Bertz CT molecular complexity index is 789. The number of carbonyl (C=O) groups excluding carboxylic acids is 1. The second kappa shape index (κ2) is 5.42. The van der Waals surface area contributed by atoms with Gasteiger partial charge in [0.05, 0.1) is 0 Å². The van der Waals surface area contributed by atoms with E-state index >= 15 is 0 Å². The molecule has 0 saturated carbocycles. The SMILES string of the molecule is CC(O)Oc1cccc(C(=O)c2c[nH]c3ccccc23)c1. The van der Waals surface area contributed by atoms with Crippen LogP contribution in [0.5, 0.6) is 5.75 Å². The molecule has 0 aliphatic heterocycles. The highest BCUT2D eigenvalue weighted by Gasteiger charge is 2.14. The molecule has 21 heavy (non-hydrogen) atoms. The Morgan fingerprint density at radius 3 is 2.81 bits per heavy atom. The molecule has 3 rings (SSSR count). The molecule has 0 spiro atoms. The van der Waals surface area contributed by atoms with Gasteiger partial charge in [-0.3, -0.25) is 4.79 Å². The van der Waals surface area contributed by atoms with Crippen LogP contribution in [0.15, 0.2) is 54.7 Å². The summed E-state index contributed by atoms with van der Waals surface area (Å²) in [6.07, 6.45) is 0.804. The lowest BCUT2D eigenvalue weighted by Crippen LogP contribution is -2.10. The number of carbonyl (C=O) groups is 1. The molecule has 106 valence electrons. The monoisotopic (exact) mass is 281 g/mol. The summed E-state index contributed by atoms with van der Waals surface area (Å²) in [6, 6.07) is 14.5. The molecular weight excluding hydrogens is 266 g/mol. The van der Waals surface area contributed by atoms with Gasteiger partial charge in [-0.15, -0.1) is 0 Å². The average Bonchev–Trinajstić information content (AvgIpc) is 2.90. The van der Waals surface area contributed by atoms with Crippen LogP contribution in [0.4, 0.5) is 0 Å². The quantitative estimate of drug-likeness (QED) is 0.570. The van der Waals surface area contributed by atoms with Gasteiger partial charge in [0.25, 0.3) is 0 Å². The maximum absolute atomic E-state index is 12.6. The largest absolute Gasteiger partial charge is 0.465 e. The van der Waals surface area contributed by atoms with Crippen LogP contribution in [-0.4, -0.2) is 22.2 Å². The Labute approximate surface area is 122 Å². The second-order valence-electron chi connectivity index (χ2n) is 4.82. The molecule has 1 unspecified atom stereocenters. The van der Waals surface area contributed by atoms with E-state index in [-0.39, 0.29) is 5.78 Å². The van der Waals surface area contributed by atoms with Crippen LogP contribution in [0, 0.1) is 0 Å². The molecule has 0 aliphatic carbocycles. The van der Waals surface area contributed by atoms with E-state index in [1.165, 1.54) is 6.92 Å². The summed E-state index contributed by atoms with van der Waals surface area (Å²) < 4.78 is 5.21. The summed E-state index contributed by atoms with van der Waals surface area (Å²) in [4.78, 5) is 15.7. The average molecular weight is 281 g/mol. The summed E-state index contributed by atoms with van der Waals surface area (Å²) in [5, 5.41) is 10.1. The van der Waals surface area contributed by atoms with E-state index in [0.29, 0.717) is 16.9 Å². The van der Waals surface area contributed by atoms with Gasteiger partial charge in [-0.05, 0) is 25.1 Å². The van der Waals surface area contributed by atoms with E-state index < -0.39 is 6.29 Å². The zero-order valence-electron chi connectivity index (χ0n) is 11.5. The smallest absolute Gasteiger partial charge is 0.195 e. The number of aromatic nitrogens is 1. The summed E-state index contributed by atoms with van der Waals surface area (Å²) in [7, 11) is 0. The number of hydrogen-bond acceptors (Lipinski definition) is 3. The van der Waals surface area contributed by atoms with Gasteiger partial charge in [0.15, 0.2) is 12.1 Å². The van der Waals surface area contributed by atoms with Crippen LogP contribution in [0.2, 0.25) is 0 Å². The van der Waals surface area contributed by atoms with Crippen molar-refractivity contribution in [3.8, 4) is 5.75 Å². The minimum atomic E-state index is -0.913. The number of ether oxygens (including phenoxy) is 1. The highest BCUT2D eigenvalue weighted by Crippen LogP contribution is 2.23.